The maximum absolute atomic E-state index is 12.7. The Morgan fingerprint density at radius 1 is 1.26 bits per heavy atom. The lowest BCUT2D eigenvalue weighted by molar-refractivity contribution is -0.137. The van der Waals surface area contributed by atoms with Gasteiger partial charge < -0.3 is 14.9 Å². The summed E-state index contributed by atoms with van der Waals surface area (Å²) >= 11 is 0. The Hall–Kier alpha value is -2.63. The number of carboxylic acid groups (broad SMARTS) is 1. The van der Waals surface area contributed by atoms with Crippen molar-refractivity contribution in [3.8, 4) is 0 Å². The second-order valence-corrected chi connectivity index (χ2v) is 5.80. The molecule has 0 saturated carbocycles. The lowest BCUT2D eigenvalue weighted by Gasteiger charge is -2.23. The number of aromatic nitrogens is 1. The van der Waals surface area contributed by atoms with Gasteiger partial charge in [-0.05, 0) is 25.0 Å². The monoisotopic (exact) mass is 313 g/mol. The van der Waals surface area contributed by atoms with Crippen LogP contribution in [0.3, 0.4) is 0 Å². The van der Waals surface area contributed by atoms with Crippen LogP contribution in [0, 0.1) is 0 Å². The molecule has 3 rings (SSSR count). The number of nitrogens with zero attached hydrogens (tertiary/aromatic N) is 3. The molecule has 0 aliphatic carbocycles. The van der Waals surface area contributed by atoms with E-state index in [1.807, 2.05) is 30.3 Å². The minimum Gasteiger partial charge on any atom is -0.480 e. The predicted octanol–water partition coefficient (Wildman–Crippen LogP) is 1.99. The van der Waals surface area contributed by atoms with Gasteiger partial charge in [0.25, 0.3) is 5.91 Å². The van der Waals surface area contributed by atoms with Crippen molar-refractivity contribution in [3.05, 3.63) is 35.9 Å². The van der Waals surface area contributed by atoms with E-state index in [-0.39, 0.29) is 12.5 Å². The molecule has 1 amide bonds. The molecule has 0 spiro atoms. The zero-order valence-corrected chi connectivity index (χ0v) is 13.0. The molecule has 2 aromatic rings. The third-order valence-electron chi connectivity index (χ3n) is 4.06. The van der Waals surface area contributed by atoms with Crippen molar-refractivity contribution in [2.24, 2.45) is 0 Å². The van der Waals surface area contributed by atoms with Crippen LogP contribution in [-0.2, 0) is 4.79 Å². The summed E-state index contributed by atoms with van der Waals surface area (Å²) in [6, 6.07) is 9.46. The Kier molecular flexibility index (Phi) is 4.14. The lowest BCUT2D eigenvalue weighted by atomic mass is 10.1. The SMILES string of the molecule is CN(CC(=O)O)C(=O)c1cc2ccccc2nc1N1CCCC1. The number of hydrogen-bond donors (Lipinski definition) is 1. The molecule has 6 nitrogen and oxygen atoms in total. The van der Waals surface area contributed by atoms with E-state index in [1.165, 1.54) is 11.9 Å². The Balaban J connectivity index is 2.06. The molecule has 0 unspecified atom stereocenters. The number of aliphatic carboxylic acids is 1. The average molecular weight is 313 g/mol. The molecule has 23 heavy (non-hydrogen) atoms. The van der Waals surface area contributed by atoms with Crippen molar-refractivity contribution >= 4 is 28.6 Å². The molecule has 2 heterocycles. The van der Waals surface area contributed by atoms with Gasteiger partial charge in [0.2, 0.25) is 0 Å². The van der Waals surface area contributed by atoms with E-state index >= 15 is 0 Å². The van der Waals surface area contributed by atoms with Crippen LogP contribution in [0.2, 0.25) is 0 Å². The standard InChI is InChI=1S/C17H19N3O3/c1-19(11-15(21)22)17(23)13-10-12-6-2-3-7-14(12)18-16(13)20-8-4-5-9-20/h2-3,6-7,10H,4-5,8-9,11H2,1H3,(H,21,22). The highest BCUT2D eigenvalue weighted by atomic mass is 16.4. The van der Waals surface area contributed by atoms with E-state index in [2.05, 4.69) is 9.88 Å². The van der Waals surface area contributed by atoms with Crippen LogP contribution < -0.4 is 4.90 Å². The molecular weight excluding hydrogens is 294 g/mol. The van der Waals surface area contributed by atoms with E-state index in [0.29, 0.717) is 11.4 Å². The largest absolute Gasteiger partial charge is 0.480 e. The van der Waals surface area contributed by atoms with Crippen LogP contribution in [-0.4, -0.2) is 53.5 Å². The van der Waals surface area contributed by atoms with Crippen LogP contribution in [0.5, 0.6) is 0 Å². The first-order chi connectivity index (χ1) is 11.1. The van der Waals surface area contributed by atoms with Crippen LogP contribution in [0.25, 0.3) is 10.9 Å². The summed E-state index contributed by atoms with van der Waals surface area (Å²) in [5.41, 5.74) is 1.31. The molecule has 1 aromatic heterocycles. The molecule has 120 valence electrons. The Labute approximate surface area is 134 Å². The maximum atomic E-state index is 12.7. The summed E-state index contributed by atoms with van der Waals surface area (Å²) in [6.07, 6.45) is 2.15. The van der Waals surface area contributed by atoms with Crippen molar-refractivity contribution in [1.29, 1.82) is 0 Å². The number of carbonyl (C=O) groups excluding carboxylic acids is 1. The first-order valence-corrected chi connectivity index (χ1v) is 7.68. The van der Waals surface area contributed by atoms with Gasteiger partial charge in [-0.1, -0.05) is 18.2 Å². The molecule has 1 fully saturated rings. The Morgan fingerprint density at radius 2 is 1.96 bits per heavy atom. The van der Waals surface area contributed by atoms with Gasteiger partial charge in [-0.2, -0.15) is 0 Å². The number of fused-ring (bicyclic) bond motifs is 1. The number of amides is 1. The summed E-state index contributed by atoms with van der Waals surface area (Å²) in [5, 5.41) is 9.79. The highest BCUT2D eigenvalue weighted by Gasteiger charge is 2.24. The van der Waals surface area contributed by atoms with Crippen molar-refractivity contribution in [1.82, 2.24) is 9.88 Å². The van der Waals surface area contributed by atoms with Crippen LogP contribution in [0.15, 0.2) is 30.3 Å². The van der Waals surface area contributed by atoms with E-state index in [1.54, 1.807) is 0 Å². The van der Waals surface area contributed by atoms with E-state index in [9.17, 15) is 9.59 Å². The fourth-order valence-electron chi connectivity index (χ4n) is 2.91. The molecule has 6 heteroatoms. The zero-order chi connectivity index (χ0) is 16.4. The Morgan fingerprint density at radius 3 is 2.65 bits per heavy atom. The lowest BCUT2D eigenvalue weighted by Crippen LogP contribution is -2.33. The minimum atomic E-state index is -1.03. The minimum absolute atomic E-state index is 0.312. The molecule has 0 bridgehead atoms. The van der Waals surface area contributed by atoms with Crippen LogP contribution in [0.4, 0.5) is 5.82 Å². The van der Waals surface area contributed by atoms with Crippen LogP contribution in [0.1, 0.15) is 23.2 Å². The van der Waals surface area contributed by atoms with Gasteiger partial charge in [-0.25, -0.2) is 4.98 Å². The molecule has 1 saturated heterocycles. The predicted molar refractivity (Wildman–Crippen MR) is 87.8 cm³/mol. The molecule has 1 aliphatic rings. The van der Waals surface area contributed by atoms with E-state index < -0.39 is 5.97 Å². The number of rotatable bonds is 4. The normalized spacial score (nSPS) is 14.2. The first-order valence-electron chi connectivity index (χ1n) is 7.68. The Bertz CT molecular complexity index is 754. The van der Waals surface area contributed by atoms with Crippen molar-refractivity contribution in [2.45, 2.75) is 12.8 Å². The molecular formula is C17H19N3O3. The number of carbonyl (C=O) groups is 2. The van der Waals surface area contributed by atoms with Gasteiger partial charge in [0.05, 0.1) is 11.1 Å². The fourth-order valence-corrected chi connectivity index (χ4v) is 2.91. The molecule has 1 aliphatic heterocycles. The first kappa shape index (κ1) is 15.3. The van der Waals surface area contributed by atoms with Gasteiger partial charge in [-0.15, -0.1) is 0 Å². The van der Waals surface area contributed by atoms with Gasteiger partial charge in [0.15, 0.2) is 0 Å². The number of hydrogen-bond acceptors (Lipinski definition) is 4. The third kappa shape index (κ3) is 3.11. The van der Waals surface area contributed by atoms with Crippen molar-refractivity contribution < 1.29 is 14.7 Å². The summed E-state index contributed by atoms with van der Waals surface area (Å²) in [6.45, 7) is 1.41. The molecule has 0 atom stereocenters. The van der Waals surface area contributed by atoms with Gasteiger partial charge >= 0.3 is 5.97 Å². The number of anilines is 1. The van der Waals surface area contributed by atoms with Gasteiger partial charge in [0.1, 0.15) is 12.4 Å². The summed E-state index contributed by atoms with van der Waals surface area (Å²) in [5.74, 6) is -0.687. The van der Waals surface area contributed by atoms with Crippen molar-refractivity contribution in [3.63, 3.8) is 0 Å². The third-order valence-corrected chi connectivity index (χ3v) is 4.06. The van der Waals surface area contributed by atoms with Crippen molar-refractivity contribution in [2.75, 3.05) is 31.6 Å². The quantitative estimate of drug-likeness (QED) is 0.934. The number of likely N-dealkylation sites (N-methyl/N-ethyl adjacent to an activating group) is 1. The second kappa shape index (κ2) is 6.24. The zero-order valence-electron chi connectivity index (χ0n) is 13.0. The van der Waals surface area contributed by atoms with Gasteiger partial charge in [-0.3, -0.25) is 9.59 Å². The smallest absolute Gasteiger partial charge is 0.323 e. The number of pyridine rings is 1. The van der Waals surface area contributed by atoms with E-state index in [4.69, 9.17) is 5.11 Å². The highest BCUT2D eigenvalue weighted by Crippen LogP contribution is 2.27. The topological polar surface area (TPSA) is 73.7 Å². The number of para-hydroxylation sites is 1. The summed E-state index contributed by atoms with van der Waals surface area (Å²) < 4.78 is 0. The number of carboxylic acids is 1. The average Bonchev–Trinajstić information content (AvgIpc) is 3.06. The molecule has 1 aromatic carbocycles. The number of benzene rings is 1. The van der Waals surface area contributed by atoms with Gasteiger partial charge in [0, 0.05) is 25.5 Å². The second-order valence-electron chi connectivity index (χ2n) is 5.80. The fraction of sp³-hybridized carbons (Fsp3) is 0.353. The van der Waals surface area contributed by atoms with E-state index in [0.717, 1.165) is 36.8 Å². The molecule has 1 N–H and O–H groups in total. The van der Waals surface area contributed by atoms with Crippen LogP contribution >= 0.6 is 0 Å². The molecule has 0 radical (unpaired) electrons. The summed E-state index contributed by atoms with van der Waals surface area (Å²) in [4.78, 5) is 31.6. The highest BCUT2D eigenvalue weighted by molar-refractivity contribution is 6.03. The maximum Gasteiger partial charge on any atom is 0.323 e. The summed E-state index contributed by atoms with van der Waals surface area (Å²) in [7, 11) is 1.50.